The summed E-state index contributed by atoms with van der Waals surface area (Å²) in [4.78, 5) is 11.5. The molecule has 0 bridgehead atoms. The number of benzene rings is 1. The lowest BCUT2D eigenvalue weighted by atomic mass is 10.1. The van der Waals surface area contributed by atoms with Crippen molar-refractivity contribution < 1.29 is 9.90 Å². The fourth-order valence-electron chi connectivity index (χ4n) is 1.41. The Labute approximate surface area is 107 Å². The Morgan fingerprint density at radius 3 is 2.89 bits per heavy atom. The topological polar surface area (TPSA) is 61.4 Å². The maximum absolute atomic E-state index is 11.5. The molecule has 0 spiro atoms. The van der Waals surface area contributed by atoms with Crippen LogP contribution in [0.4, 0.5) is 10.5 Å². The second kappa shape index (κ2) is 7.36. The summed E-state index contributed by atoms with van der Waals surface area (Å²) in [5.41, 5.74) is 2.51. The van der Waals surface area contributed by atoms with E-state index in [1.165, 1.54) is 0 Å². The van der Waals surface area contributed by atoms with Crippen LogP contribution in [0.5, 0.6) is 0 Å². The molecule has 0 saturated heterocycles. The Hall–Kier alpha value is -1.99. The van der Waals surface area contributed by atoms with E-state index in [0.29, 0.717) is 18.7 Å². The van der Waals surface area contributed by atoms with Gasteiger partial charge < -0.3 is 15.7 Å². The van der Waals surface area contributed by atoms with Crippen LogP contribution in [0.2, 0.25) is 0 Å². The molecule has 0 fully saturated rings. The zero-order chi connectivity index (χ0) is 13.4. The lowest BCUT2D eigenvalue weighted by Gasteiger charge is -2.08. The van der Waals surface area contributed by atoms with Crippen LogP contribution in [0, 0.1) is 18.8 Å². The summed E-state index contributed by atoms with van der Waals surface area (Å²) in [6.07, 6.45) is 0.425. The predicted molar refractivity (Wildman–Crippen MR) is 72.5 cm³/mol. The lowest BCUT2D eigenvalue weighted by Crippen LogP contribution is -2.28. The van der Waals surface area contributed by atoms with Gasteiger partial charge in [-0.3, -0.25) is 0 Å². The fraction of sp³-hybridized carbons (Fsp3) is 0.357. The van der Waals surface area contributed by atoms with E-state index in [0.717, 1.165) is 11.1 Å². The van der Waals surface area contributed by atoms with Crippen molar-refractivity contribution in [3.8, 4) is 11.8 Å². The highest BCUT2D eigenvalue weighted by atomic mass is 16.2. The monoisotopic (exact) mass is 246 g/mol. The maximum Gasteiger partial charge on any atom is 0.319 e. The van der Waals surface area contributed by atoms with E-state index in [1.807, 2.05) is 32.0 Å². The molecular weight excluding hydrogens is 228 g/mol. The summed E-state index contributed by atoms with van der Waals surface area (Å²) >= 11 is 0. The van der Waals surface area contributed by atoms with E-state index in [2.05, 4.69) is 22.5 Å². The van der Waals surface area contributed by atoms with Crippen molar-refractivity contribution in [2.75, 3.05) is 18.5 Å². The van der Waals surface area contributed by atoms with Crippen LogP contribution < -0.4 is 10.6 Å². The van der Waals surface area contributed by atoms with Crippen LogP contribution in [0.25, 0.3) is 0 Å². The Morgan fingerprint density at radius 1 is 1.44 bits per heavy atom. The van der Waals surface area contributed by atoms with Crippen molar-refractivity contribution in [2.45, 2.75) is 20.3 Å². The zero-order valence-corrected chi connectivity index (χ0v) is 10.7. The van der Waals surface area contributed by atoms with Gasteiger partial charge in [0, 0.05) is 18.5 Å². The van der Waals surface area contributed by atoms with E-state index in [4.69, 9.17) is 5.11 Å². The van der Waals surface area contributed by atoms with Gasteiger partial charge in [0.1, 0.15) is 0 Å². The van der Waals surface area contributed by atoms with Crippen LogP contribution in [0.1, 0.15) is 24.5 Å². The third-order valence-corrected chi connectivity index (χ3v) is 2.22. The van der Waals surface area contributed by atoms with E-state index < -0.39 is 0 Å². The van der Waals surface area contributed by atoms with E-state index in [9.17, 15) is 4.79 Å². The molecule has 18 heavy (non-hydrogen) atoms. The van der Waals surface area contributed by atoms with Crippen molar-refractivity contribution in [1.29, 1.82) is 0 Å². The number of hydrogen-bond acceptors (Lipinski definition) is 2. The van der Waals surface area contributed by atoms with Gasteiger partial charge in [-0.2, -0.15) is 0 Å². The summed E-state index contributed by atoms with van der Waals surface area (Å²) < 4.78 is 0. The van der Waals surface area contributed by atoms with Crippen molar-refractivity contribution in [1.82, 2.24) is 5.32 Å². The van der Waals surface area contributed by atoms with Crippen molar-refractivity contribution >= 4 is 11.7 Å². The van der Waals surface area contributed by atoms with Crippen LogP contribution in [-0.2, 0) is 0 Å². The molecular formula is C14H18N2O2. The molecule has 4 heteroatoms. The number of nitrogens with one attached hydrogen (secondary N) is 2. The highest BCUT2D eigenvalue weighted by Gasteiger charge is 2.04. The van der Waals surface area contributed by atoms with E-state index in [-0.39, 0.29) is 12.6 Å². The van der Waals surface area contributed by atoms with Crippen LogP contribution in [0.15, 0.2) is 18.2 Å². The minimum Gasteiger partial charge on any atom is -0.395 e. The van der Waals surface area contributed by atoms with Crippen molar-refractivity contribution in [2.24, 2.45) is 0 Å². The lowest BCUT2D eigenvalue weighted by molar-refractivity contribution is 0.252. The van der Waals surface area contributed by atoms with Gasteiger partial charge in [0.15, 0.2) is 0 Å². The first-order valence-electron chi connectivity index (χ1n) is 5.92. The van der Waals surface area contributed by atoms with Crippen molar-refractivity contribution in [3.63, 3.8) is 0 Å². The highest BCUT2D eigenvalue weighted by molar-refractivity contribution is 5.90. The smallest absolute Gasteiger partial charge is 0.319 e. The van der Waals surface area contributed by atoms with Gasteiger partial charge >= 0.3 is 6.03 Å². The number of anilines is 1. The van der Waals surface area contributed by atoms with Crippen molar-refractivity contribution in [3.05, 3.63) is 29.3 Å². The summed E-state index contributed by atoms with van der Waals surface area (Å²) in [5, 5.41) is 14.1. The fourth-order valence-corrected chi connectivity index (χ4v) is 1.41. The van der Waals surface area contributed by atoms with Gasteiger partial charge in [-0.1, -0.05) is 17.9 Å². The number of amides is 2. The minimum absolute atomic E-state index is 0.0396. The Kier molecular flexibility index (Phi) is 5.75. The van der Waals surface area contributed by atoms with E-state index >= 15 is 0 Å². The molecule has 1 aromatic carbocycles. The number of aliphatic hydroxyl groups excluding tert-OH is 1. The molecule has 0 radical (unpaired) electrons. The van der Waals surface area contributed by atoms with Gasteiger partial charge in [-0.25, -0.2) is 4.79 Å². The molecule has 3 N–H and O–H groups in total. The second-order valence-electron chi connectivity index (χ2n) is 3.81. The molecule has 0 aromatic heterocycles. The largest absolute Gasteiger partial charge is 0.395 e. The van der Waals surface area contributed by atoms with Crippen LogP contribution in [-0.4, -0.2) is 24.3 Å². The molecule has 4 nitrogen and oxygen atoms in total. The van der Waals surface area contributed by atoms with E-state index in [1.54, 1.807) is 0 Å². The maximum atomic E-state index is 11.5. The standard InChI is InChI=1S/C14H18N2O2/c1-3-15-14(18)16-13-8-7-11(2)10-12(13)6-4-5-9-17/h7-8,10,17H,3,5,9H2,1-2H3,(H2,15,16,18). The minimum atomic E-state index is -0.244. The SMILES string of the molecule is CCNC(=O)Nc1ccc(C)cc1C#CCCO. The van der Waals surface area contributed by atoms with Gasteiger partial charge in [-0.05, 0) is 31.5 Å². The zero-order valence-electron chi connectivity index (χ0n) is 10.7. The first-order chi connectivity index (χ1) is 8.67. The third-order valence-electron chi connectivity index (χ3n) is 2.22. The first-order valence-corrected chi connectivity index (χ1v) is 5.92. The second-order valence-corrected chi connectivity index (χ2v) is 3.81. The predicted octanol–water partition coefficient (Wildman–Crippen LogP) is 1.87. The summed E-state index contributed by atoms with van der Waals surface area (Å²) in [6, 6.07) is 5.41. The number of carbonyl (C=O) groups excluding carboxylic acids is 1. The summed E-state index contributed by atoms with van der Waals surface area (Å²) in [6.45, 7) is 4.44. The number of rotatable bonds is 3. The average Bonchev–Trinajstić information content (AvgIpc) is 2.33. The Bertz CT molecular complexity index is 472. The summed E-state index contributed by atoms with van der Waals surface area (Å²) in [5.74, 6) is 5.80. The molecule has 0 saturated carbocycles. The van der Waals surface area contributed by atoms with Crippen LogP contribution >= 0.6 is 0 Å². The van der Waals surface area contributed by atoms with Gasteiger partial charge in [0.2, 0.25) is 0 Å². The molecule has 0 heterocycles. The molecule has 2 amide bonds. The quantitative estimate of drug-likeness (QED) is 0.713. The third kappa shape index (κ3) is 4.48. The Balaban J connectivity index is 2.90. The molecule has 1 rings (SSSR count). The number of urea groups is 1. The number of aliphatic hydroxyl groups is 1. The van der Waals surface area contributed by atoms with Crippen LogP contribution in [0.3, 0.4) is 0 Å². The average molecular weight is 246 g/mol. The molecule has 0 aliphatic carbocycles. The number of aryl methyl sites for hydroxylation is 1. The normalized spacial score (nSPS) is 9.28. The van der Waals surface area contributed by atoms with Gasteiger partial charge in [0.25, 0.3) is 0 Å². The molecule has 1 aromatic rings. The highest BCUT2D eigenvalue weighted by Crippen LogP contribution is 2.16. The molecule has 0 aliphatic heterocycles. The molecule has 96 valence electrons. The van der Waals surface area contributed by atoms with Gasteiger partial charge in [-0.15, -0.1) is 0 Å². The molecule has 0 aliphatic rings. The first kappa shape index (κ1) is 14.1. The van der Waals surface area contributed by atoms with Gasteiger partial charge in [0.05, 0.1) is 12.3 Å². The molecule has 0 atom stereocenters. The summed E-state index contributed by atoms with van der Waals surface area (Å²) in [7, 11) is 0. The number of carbonyl (C=O) groups is 1. The number of hydrogen-bond donors (Lipinski definition) is 3. The molecule has 0 unspecified atom stereocenters. The Morgan fingerprint density at radius 2 is 2.22 bits per heavy atom.